The van der Waals surface area contributed by atoms with Gasteiger partial charge in [0.2, 0.25) is 0 Å². The molecule has 5 heteroatoms. The lowest BCUT2D eigenvalue weighted by Crippen LogP contribution is -2.21. The van der Waals surface area contributed by atoms with Crippen LogP contribution in [-0.2, 0) is 19.1 Å². The number of aliphatic hydroxyl groups excluding tert-OH is 1. The fourth-order valence-corrected chi connectivity index (χ4v) is 1.45. The smallest absolute Gasteiger partial charge is 0.330 e. The maximum atomic E-state index is 11.3. The summed E-state index contributed by atoms with van der Waals surface area (Å²) >= 11 is 0. The lowest BCUT2D eigenvalue weighted by atomic mass is 10.1. The van der Waals surface area contributed by atoms with Gasteiger partial charge in [-0.25, -0.2) is 4.79 Å². The summed E-state index contributed by atoms with van der Waals surface area (Å²) in [6.07, 6.45) is 4.23. The summed E-state index contributed by atoms with van der Waals surface area (Å²) < 4.78 is 9.91. The van der Waals surface area contributed by atoms with Gasteiger partial charge in [-0.15, -0.1) is 0 Å². The van der Waals surface area contributed by atoms with Crippen LogP contribution >= 0.6 is 0 Å². The highest BCUT2D eigenvalue weighted by Gasteiger charge is 2.14. The highest BCUT2D eigenvalue weighted by Crippen LogP contribution is 2.09. The first-order valence-electron chi connectivity index (χ1n) is 5.40. The summed E-state index contributed by atoms with van der Waals surface area (Å²) in [5.41, 5.74) is 0. The number of esters is 2. The molecule has 1 N–H and O–H groups in total. The zero-order valence-corrected chi connectivity index (χ0v) is 9.83. The molecule has 5 nitrogen and oxygen atoms in total. The summed E-state index contributed by atoms with van der Waals surface area (Å²) in [6, 6.07) is 0. The monoisotopic (exact) mass is 240 g/mol. The molecule has 1 aliphatic heterocycles. The van der Waals surface area contributed by atoms with E-state index in [-0.39, 0.29) is 6.10 Å². The zero-order chi connectivity index (χ0) is 12.8. The molecule has 0 aromatic carbocycles. The van der Waals surface area contributed by atoms with Crippen LogP contribution in [0.2, 0.25) is 0 Å². The van der Waals surface area contributed by atoms with E-state index in [4.69, 9.17) is 9.47 Å². The van der Waals surface area contributed by atoms with Crippen molar-refractivity contribution in [2.75, 3.05) is 0 Å². The van der Waals surface area contributed by atoms with Crippen molar-refractivity contribution in [2.45, 2.75) is 38.6 Å². The first-order chi connectivity index (χ1) is 7.97. The molecule has 1 aliphatic rings. The summed E-state index contributed by atoms with van der Waals surface area (Å²) in [5, 5.41) is 9.60. The molecule has 0 aromatic rings. The number of hydrogen-bond acceptors (Lipinski definition) is 5. The largest absolute Gasteiger partial charge is 0.459 e. The number of rotatable bonds is 1. The number of carbonyl (C=O) groups is 2. The Kier molecular flexibility index (Phi) is 4.90. The van der Waals surface area contributed by atoms with Crippen LogP contribution in [0.25, 0.3) is 0 Å². The lowest BCUT2D eigenvalue weighted by Gasteiger charge is -2.16. The molecule has 0 amide bonds. The van der Waals surface area contributed by atoms with Crippen molar-refractivity contribution in [2.24, 2.45) is 0 Å². The van der Waals surface area contributed by atoms with Crippen LogP contribution < -0.4 is 0 Å². The van der Waals surface area contributed by atoms with Crippen molar-refractivity contribution < 1.29 is 24.2 Å². The molecule has 0 fully saturated rings. The van der Waals surface area contributed by atoms with Crippen LogP contribution in [0.1, 0.15) is 20.3 Å². The zero-order valence-electron chi connectivity index (χ0n) is 9.83. The molecule has 1 heterocycles. The first-order valence-corrected chi connectivity index (χ1v) is 5.40. The highest BCUT2D eigenvalue weighted by molar-refractivity contribution is 5.82. The Morgan fingerprint density at radius 2 is 2.18 bits per heavy atom. The van der Waals surface area contributed by atoms with E-state index >= 15 is 0 Å². The van der Waals surface area contributed by atoms with Crippen molar-refractivity contribution >= 4 is 11.9 Å². The van der Waals surface area contributed by atoms with E-state index in [0.29, 0.717) is 6.42 Å². The van der Waals surface area contributed by atoms with E-state index < -0.39 is 24.1 Å². The maximum Gasteiger partial charge on any atom is 0.330 e. The fourth-order valence-electron chi connectivity index (χ4n) is 1.45. The summed E-state index contributed by atoms with van der Waals surface area (Å²) in [4.78, 5) is 22.1. The van der Waals surface area contributed by atoms with Crippen LogP contribution in [0.4, 0.5) is 0 Å². The number of cyclic esters (lactones) is 1. The molecule has 0 saturated carbocycles. The van der Waals surface area contributed by atoms with E-state index in [1.54, 1.807) is 6.92 Å². The second kappa shape index (κ2) is 6.20. The van der Waals surface area contributed by atoms with Gasteiger partial charge in [-0.3, -0.25) is 4.79 Å². The molecule has 1 rings (SSSR count). The SMILES string of the molecule is CC(=O)O[C@H]1/C=C\C(=O)O[C@@H](C)C[C@@H](O)/C=C\1. The topological polar surface area (TPSA) is 72.8 Å². The van der Waals surface area contributed by atoms with Gasteiger partial charge < -0.3 is 14.6 Å². The third-order valence-corrected chi connectivity index (χ3v) is 2.14. The van der Waals surface area contributed by atoms with Gasteiger partial charge in [-0.2, -0.15) is 0 Å². The van der Waals surface area contributed by atoms with E-state index in [9.17, 15) is 14.7 Å². The van der Waals surface area contributed by atoms with Gasteiger partial charge >= 0.3 is 11.9 Å². The van der Waals surface area contributed by atoms with Crippen LogP contribution in [0.15, 0.2) is 24.3 Å². The predicted molar refractivity (Wildman–Crippen MR) is 60.0 cm³/mol. The Bertz CT molecular complexity index is 345. The van der Waals surface area contributed by atoms with Crippen LogP contribution in [-0.4, -0.2) is 35.4 Å². The third kappa shape index (κ3) is 5.31. The minimum atomic E-state index is -0.734. The van der Waals surface area contributed by atoms with Crippen molar-refractivity contribution in [3.8, 4) is 0 Å². The van der Waals surface area contributed by atoms with Crippen LogP contribution in [0.5, 0.6) is 0 Å². The van der Waals surface area contributed by atoms with E-state index in [0.717, 1.165) is 0 Å². The summed E-state index contributed by atoms with van der Waals surface area (Å²) in [5.74, 6) is -0.977. The number of aliphatic hydroxyl groups is 1. The molecule has 0 spiro atoms. The molecule has 94 valence electrons. The first kappa shape index (κ1) is 13.4. The van der Waals surface area contributed by atoms with Gasteiger partial charge in [0.1, 0.15) is 12.2 Å². The molecular weight excluding hydrogens is 224 g/mol. The molecule has 3 atom stereocenters. The summed E-state index contributed by atoms with van der Waals surface area (Å²) in [7, 11) is 0. The molecule has 0 aliphatic carbocycles. The van der Waals surface area contributed by atoms with Gasteiger partial charge in [0.25, 0.3) is 0 Å². The van der Waals surface area contributed by atoms with Gasteiger partial charge in [-0.05, 0) is 19.1 Å². The van der Waals surface area contributed by atoms with Crippen molar-refractivity contribution in [3.63, 3.8) is 0 Å². The predicted octanol–water partition coefficient (Wildman–Crippen LogP) is 0.727. The standard InChI is InChI=1S/C12H16O5/c1-8-7-10(14)3-4-11(17-9(2)13)5-6-12(15)16-8/h3-6,8,10-11,14H,7H2,1-2H3/b4-3-,6-5-/t8-,10-,11+/m0/s1. The molecule has 0 radical (unpaired) electrons. The fraction of sp³-hybridized carbons (Fsp3) is 0.500. The molecule has 0 bridgehead atoms. The Morgan fingerprint density at radius 3 is 2.82 bits per heavy atom. The van der Waals surface area contributed by atoms with Crippen molar-refractivity contribution in [3.05, 3.63) is 24.3 Å². The number of hydrogen-bond donors (Lipinski definition) is 1. The number of ether oxygens (including phenoxy) is 2. The van der Waals surface area contributed by atoms with Gasteiger partial charge in [0.15, 0.2) is 0 Å². The van der Waals surface area contributed by atoms with E-state index in [1.165, 1.54) is 31.2 Å². The minimum Gasteiger partial charge on any atom is -0.459 e. The van der Waals surface area contributed by atoms with Gasteiger partial charge in [0.05, 0.1) is 6.10 Å². The average Bonchev–Trinajstić information content (AvgIpc) is 2.20. The van der Waals surface area contributed by atoms with Gasteiger partial charge in [-0.1, -0.05) is 6.08 Å². The second-order valence-electron chi connectivity index (χ2n) is 3.87. The normalized spacial score (nSPS) is 33.4. The Hall–Kier alpha value is -1.62. The molecular formula is C12H16O5. The van der Waals surface area contributed by atoms with Crippen molar-refractivity contribution in [1.82, 2.24) is 0 Å². The molecule has 0 aromatic heterocycles. The second-order valence-corrected chi connectivity index (χ2v) is 3.87. The van der Waals surface area contributed by atoms with Gasteiger partial charge in [0, 0.05) is 19.4 Å². The van der Waals surface area contributed by atoms with E-state index in [1.807, 2.05) is 0 Å². The van der Waals surface area contributed by atoms with Crippen LogP contribution in [0, 0.1) is 0 Å². The molecule has 0 saturated heterocycles. The summed E-state index contributed by atoms with van der Waals surface area (Å²) in [6.45, 7) is 2.98. The Labute approximate surface area is 99.7 Å². The van der Waals surface area contributed by atoms with Crippen LogP contribution in [0.3, 0.4) is 0 Å². The highest BCUT2D eigenvalue weighted by atomic mass is 16.5. The van der Waals surface area contributed by atoms with Crippen molar-refractivity contribution in [1.29, 1.82) is 0 Å². The average molecular weight is 240 g/mol. The third-order valence-electron chi connectivity index (χ3n) is 2.14. The molecule has 0 unspecified atom stereocenters. The molecule has 17 heavy (non-hydrogen) atoms. The lowest BCUT2D eigenvalue weighted by molar-refractivity contribution is -0.145. The minimum absolute atomic E-state index is 0.308. The maximum absolute atomic E-state index is 11.3. The quantitative estimate of drug-likeness (QED) is 0.540. The Morgan fingerprint density at radius 1 is 1.47 bits per heavy atom. The Balaban J connectivity index is 2.79. The number of carbonyl (C=O) groups excluding carboxylic acids is 2. The van der Waals surface area contributed by atoms with E-state index in [2.05, 4.69) is 0 Å².